The maximum atomic E-state index is 12.3. The zero-order valence-electron chi connectivity index (χ0n) is 15.5. The minimum absolute atomic E-state index is 0.0335. The van der Waals surface area contributed by atoms with Crippen LogP contribution in [0.2, 0.25) is 0 Å². The van der Waals surface area contributed by atoms with Gasteiger partial charge in [-0.15, -0.1) is 0 Å². The number of likely N-dealkylation sites (tertiary alicyclic amines) is 1. The van der Waals surface area contributed by atoms with E-state index >= 15 is 0 Å². The molecule has 2 aliphatic heterocycles. The molecule has 1 amide bonds. The van der Waals surface area contributed by atoms with Gasteiger partial charge in [0.05, 0.1) is 0 Å². The summed E-state index contributed by atoms with van der Waals surface area (Å²) in [6.07, 6.45) is 1.16. The number of amides is 1. The van der Waals surface area contributed by atoms with Crippen molar-refractivity contribution < 1.29 is 28.6 Å². The summed E-state index contributed by atoms with van der Waals surface area (Å²) in [7, 11) is 0. The highest BCUT2D eigenvalue weighted by atomic mass is 16.7. The number of benzene rings is 1. The Labute approximate surface area is 157 Å². The standard InChI is InChI=1S/C20H23NO6/c1-20(2)26-17(22)16(18(23)27-20)15-9-6-11-21(12-10-15)19(24)25-13-14-7-4-3-5-8-14/h3-5,7-8H,6,9-13H2,1-2H3. The van der Waals surface area contributed by atoms with Crippen molar-refractivity contribution in [1.29, 1.82) is 0 Å². The van der Waals surface area contributed by atoms with Gasteiger partial charge in [-0.25, -0.2) is 14.4 Å². The molecule has 0 spiro atoms. The second kappa shape index (κ2) is 7.82. The largest absolute Gasteiger partial charge is 0.445 e. The molecular weight excluding hydrogens is 350 g/mol. The molecule has 0 unspecified atom stereocenters. The van der Waals surface area contributed by atoms with E-state index in [0.29, 0.717) is 37.9 Å². The second-order valence-electron chi connectivity index (χ2n) is 7.04. The van der Waals surface area contributed by atoms with Gasteiger partial charge in [0.2, 0.25) is 0 Å². The summed E-state index contributed by atoms with van der Waals surface area (Å²) in [5, 5.41) is 0. The quantitative estimate of drug-likeness (QED) is 0.450. The molecule has 0 aliphatic carbocycles. The van der Waals surface area contributed by atoms with Gasteiger partial charge in [0.25, 0.3) is 5.79 Å². The van der Waals surface area contributed by atoms with Crippen LogP contribution in [0.1, 0.15) is 38.7 Å². The van der Waals surface area contributed by atoms with E-state index in [0.717, 1.165) is 5.56 Å². The van der Waals surface area contributed by atoms with Crippen LogP contribution < -0.4 is 0 Å². The van der Waals surface area contributed by atoms with Gasteiger partial charge in [0, 0.05) is 26.9 Å². The first kappa shape index (κ1) is 18.9. The topological polar surface area (TPSA) is 82.1 Å². The number of carbonyl (C=O) groups is 3. The predicted octanol–water partition coefficient (Wildman–Crippen LogP) is 2.94. The molecule has 2 saturated heterocycles. The van der Waals surface area contributed by atoms with E-state index in [9.17, 15) is 14.4 Å². The molecule has 2 fully saturated rings. The molecule has 0 atom stereocenters. The molecule has 7 heteroatoms. The smallest absolute Gasteiger partial charge is 0.410 e. The van der Waals surface area contributed by atoms with Crippen LogP contribution in [0.4, 0.5) is 4.79 Å². The van der Waals surface area contributed by atoms with Crippen LogP contribution in [0, 0.1) is 0 Å². The Hall–Kier alpha value is -2.83. The zero-order chi connectivity index (χ0) is 19.4. The van der Waals surface area contributed by atoms with E-state index in [-0.39, 0.29) is 12.2 Å². The Morgan fingerprint density at radius 1 is 1.07 bits per heavy atom. The fourth-order valence-electron chi connectivity index (χ4n) is 3.17. The lowest BCUT2D eigenvalue weighted by molar-refractivity contribution is -0.222. The molecule has 0 aromatic heterocycles. The van der Waals surface area contributed by atoms with Crippen LogP contribution in [-0.2, 0) is 30.4 Å². The van der Waals surface area contributed by atoms with Crippen LogP contribution >= 0.6 is 0 Å². The number of hydrogen-bond acceptors (Lipinski definition) is 6. The Balaban J connectivity index is 1.62. The number of ether oxygens (including phenoxy) is 3. The number of carbonyl (C=O) groups excluding carboxylic acids is 3. The van der Waals surface area contributed by atoms with E-state index in [1.165, 1.54) is 13.8 Å². The van der Waals surface area contributed by atoms with Gasteiger partial charge in [-0.05, 0) is 30.4 Å². The summed E-state index contributed by atoms with van der Waals surface area (Å²) in [4.78, 5) is 38.4. The van der Waals surface area contributed by atoms with Gasteiger partial charge >= 0.3 is 18.0 Å². The Bertz CT molecular complexity index is 746. The van der Waals surface area contributed by atoms with Gasteiger partial charge in [-0.1, -0.05) is 30.3 Å². The maximum Gasteiger partial charge on any atom is 0.410 e. The third-order valence-corrected chi connectivity index (χ3v) is 4.49. The number of hydrogen-bond donors (Lipinski definition) is 0. The summed E-state index contributed by atoms with van der Waals surface area (Å²) in [5.74, 6) is -2.58. The highest BCUT2D eigenvalue weighted by Gasteiger charge is 2.40. The maximum absolute atomic E-state index is 12.3. The molecule has 27 heavy (non-hydrogen) atoms. The number of cyclic esters (lactones) is 2. The van der Waals surface area contributed by atoms with E-state index in [2.05, 4.69) is 0 Å². The highest BCUT2D eigenvalue weighted by molar-refractivity contribution is 6.16. The summed E-state index contributed by atoms with van der Waals surface area (Å²) in [5.41, 5.74) is 1.55. The van der Waals surface area contributed by atoms with E-state index in [4.69, 9.17) is 14.2 Å². The molecule has 0 saturated carbocycles. The first-order chi connectivity index (χ1) is 12.9. The molecule has 7 nitrogen and oxygen atoms in total. The zero-order valence-corrected chi connectivity index (χ0v) is 15.5. The molecule has 0 radical (unpaired) electrons. The van der Waals surface area contributed by atoms with Gasteiger partial charge in [0.1, 0.15) is 12.2 Å². The molecular formula is C20H23NO6. The first-order valence-electron chi connectivity index (χ1n) is 9.00. The molecule has 144 valence electrons. The molecule has 1 aromatic rings. The highest BCUT2D eigenvalue weighted by Crippen LogP contribution is 2.29. The van der Waals surface area contributed by atoms with Crippen molar-refractivity contribution in [3.63, 3.8) is 0 Å². The minimum Gasteiger partial charge on any atom is -0.445 e. The summed E-state index contributed by atoms with van der Waals surface area (Å²) in [6.45, 7) is 4.11. The monoisotopic (exact) mass is 373 g/mol. The van der Waals surface area contributed by atoms with Gasteiger partial charge < -0.3 is 19.1 Å². The van der Waals surface area contributed by atoms with Crippen molar-refractivity contribution >= 4 is 18.0 Å². The van der Waals surface area contributed by atoms with Crippen molar-refractivity contribution in [2.45, 2.75) is 45.5 Å². The summed E-state index contributed by atoms with van der Waals surface area (Å²) in [6, 6.07) is 9.45. The number of esters is 2. The lowest BCUT2D eigenvalue weighted by Crippen LogP contribution is -2.42. The van der Waals surface area contributed by atoms with E-state index in [1.54, 1.807) is 4.90 Å². The predicted molar refractivity (Wildman–Crippen MR) is 95.3 cm³/mol. The summed E-state index contributed by atoms with van der Waals surface area (Å²) < 4.78 is 15.7. The molecule has 3 rings (SSSR count). The normalized spacial score (nSPS) is 19.9. The van der Waals surface area contributed by atoms with Gasteiger partial charge in [-0.2, -0.15) is 0 Å². The minimum atomic E-state index is -1.25. The van der Waals surface area contributed by atoms with E-state index < -0.39 is 23.8 Å². The van der Waals surface area contributed by atoms with Crippen molar-refractivity contribution in [2.75, 3.05) is 13.1 Å². The first-order valence-corrected chi connectivity index (χ1v) is 9.00. The lowest BCUT2D eigenvalue weighted by atomic mass is 10.0. The summed E-state index contributed by atoms with van der Waals surface area (Å²) >= 11 is 0. The van der Waals surface area contributed by atoms with Crippen molar-refractivity contribution in [3.8, 4) is 0 Å². The van der Waals surface area contributed by atoms with Crippen LogP contribution in [0.3, 0.4) is 0 Å². The molecule has 1 aromatic carbocycles. The average molecular weight is 373 g/mol. The van der Waals surface area contributed by atoms with Crippen LogP contribution in [0.25, 0.3) is 0 Å². The van der Waals surface area contributed by atoms with E-state index in [1.807, 2.05) is 30.3 Å². The molecule has 2 heterocycles. The van der Waals surface area contributed by atoms with Crippen LogP contribution in [-0.4, -0.2) is 41.8 Å². The van der Waals surface area contributed by atoms with Gasteiger partial charge in [-0.3, -0.25) is 0 Å². The number of rotatable bonds is 2. The average Bonchev–Trinajstić information content (AvgIpc) is 2.85. The molecule has 0 bridgehead atoms. The Morgan fingerprint density at radius 3 is 2.41 bits per heavy atom. The second-order valence-corrected chi connectivity index (χ2v) is 7.04. The fourth-order valence-corrected chi connectivity index (χ4v) is 3.17. The van der Waals surface area contributed by atoms with Crippen LogP contribution in [0.15, 0.2) is 41.5 Å². The third-order valence-electron chi connectivity index (χ3n) is 4.49. The SMILES string of the molecule is CC1(C)OC(=O)C(=C2CCCN(C(=O)OCc3ccccc3)CC2)C(=O)O1. The lowest BCUT2D eigenvalue weighted by Gasteiger charge is -2.30. The fraction of sp³-hybridized carbons (Fsp3) is 0.450. The van der Waals surface area contributed by atoms with Crippen molar-refractivity contribution in [2.24, 2.45) is 0 Å². The molecule has 2 aliphatic rings. The van der Waals surface area contributed by atoms with Crippen molar-refractivity contribution in [3.05, 3.63) is 47.0 Å². The Kier molecular flexibility index (Phi) is 5.48. The Morgan fingerprint density at radius 2 is 1.74 bits per heavy atom. The van der Waals surface area contributed by atoms with Crippen molar-refractivity contribution in [1.82, 2.24) is 4.90 Å². The number of nitrogens with zero attached hydrogens (tertiary/aromatic N) is 1. The third kappa shape index (κ3) is 4.67. The molecule has 0 N–H and O–H groups in total. The van der Waals surface area contributed by atoms with Gasteiger partial charge in [0.15, 0.2) is 0 Å². The van der Waals surface area contributed by atoms with Crippen LogP contribution in [0.5, 0.6) is 0 Å².